The molecule has 15 heavy (non-hydrogen) atoms. The first kappa shape index (κ1) is 13.3. The summed E-state index contributed by atoms with van der Waals surface area (Å²) in [6, 6.07) is 0.532. The molecule has 1 aliphatic rings. The van der Waals surface area contributed by atoms with Crippen LogP contribution < -0.4 is 11.3 Å². The zero-order chi connectivity index (χ0) is 11.1. The minimum absolute atomic E-state index is 0.532. The van der Waals surface area contributed by atoms with Gasteiger partial charge in [0.15, 0.2) is 0 Å². The van der Waals surface area contributed by atoms with E-state index < -0.39 is 0 Å². The van der Waals surface area contributed by atoms with Gasteiger partial charge in [-0.25, -0.2) is 0 Å². The molecule has 1 rings (SSSR count). The lowest BCUT2D eigenvalue weighted by atomic mass is 9.79. The average molecular weight is 230 g/mol. The van der Waals surface area contributed by atoms with E-state index in [0.29, 0.717) is 6.04 Å². The van der Waals surface area contributed by atoms with E-state index in [1.165, 1.54) is 43.6 Å². The van der Waals surface area contributed by atoms with Crippen molar-refractivity contribution in [1.82, 2.24) is 5.43 Å². The van der Waals surface area contributed by atoms with Crippen molar-refractivity contribution >= 4 is 11.8 Å². The first-order valence-corrected chi connectivity index (χ1v) is 7.47. The van der Waals surface area contributed by atoms with Crippen molar-refractivity contribution in [2.45, 2.75) is 52.0 Å². The van der Waals surface area contributed by atoms with E-state index in [0.717, 1.165) is 11.8 Å². The van der Waals surface area contributed by atoms with Gasteiger partial charge in [0.2, 0.25) is 0 Å². The average Bonchev–Trinajstić information content (AvgIpc) is 2.24. The number of hydrogen-bond acceptors (Lipinski definition) is 3. The summed E-state index contributed by atoms with van der Waals surface area (Å²) in [4.78, 5) is 0. The van der Waals surface area contributed by atoms with E-state index in [9.17, 15) is 0 Å². The molecule has 3 unspecified atom stereocenters. The SMILES string of the molecule is CCCSCC(NN)C1CCCC(C)C1. The summed E-state index contributed by atoms with van der Waals surface area (Å²) < 4.78 is 0. The van der Waals surface area contributed by atoms with Crippen LogP contribution in [0.5, 0.6) is 0 Å². The smallest absolute Gasteiger partial charge is 0.0329 e. The number of thioether (sulfide) groups is 1. The third-order valence-corrected chi connectivity index (χ3v) is 4.70. The zero-order valence-electron chi connectivity index (χ0n) is 10.2. The summed E-state index contributed by atoms with van der Waals surface area (Å²) >= 11 is 2.04. The maximum absolute atomic E-state index is 5.67. The highest BCUT2D eigenvalue weighted by Gasteiger charge is 2.25. The van der Waals surface area contributed by atoms with Gasteiger partial charge in [0, 0.05) is 11.8 Å². The second kappa shape index (κ2) is 7.53. The Labute approximate surface area is 98.7 Å². The Bertz CT molecular complexity index is 164. The lowest BCUT2D eigenvalue weighted by Crippen LogP contribution is -2.44. The molecule has 0 aromatic rings. The topological polar surface area (TPSA) is 38.0 Å². The van der Waals surface area contributed by atoms with Crippen molar-refractivity contribution in [3.8, 4) is 0 Å². The van der Waals surface area contributed by atoms with E-state index in [-0.39, 0.29) is 0 Å². The lowest BCUT2D eigenvalue weighted by Gasteiger charge is -2.32. The molecule has 3 heteroatoms. The molecule has 0 aromatic heterocycles. The third-order valence-electron chi connectivity index (χ3n) is 3.41. The summed E-state index contributed by atoms with van der Waals surface area (Å²) in [5.41, 5.74) is 3.03. The summed E-state index contributed by atoms with van der Waals surface area (Å²) in [7, 11) is 0. The molecule has 0 radical (unpaired) electrons. The Morgan fingerprint density at radius 1 is 1.47 bits per heavy atom. The van der Waals surface area contributed by atoms with Gasteiger partial charge in [-0.3, -0.25) is 11.3 Å². The van der Waals surface area contributed by atoms with E-state index in [4.69, 9.17) is 5.84 Å². The van der Waals surface area contributed by atoms with Crippen LogP contribution in [0.25, 0.3) is 0 Å². The van der Waals surface area contributed by atoms with Crippen molar-refractivity contribution in [3.63, 3.8) is 0 Å². The Kier molecular flexibility index (Phi) is 6.69. The normalized spacial score (nSPS) is 29.0. The fourth-order valence-electron chi connectivity index (χ4n) is 2.52. The maximum Gasteiger partial charge on any atom is 0.0329 e. The van der Waals surface area contributed by atoms with E-state index in [1.807, 2.05) is 11.8 Å². The fraction of sp³-hybridized carbons (Fsp3) is 1.00. The molecule has 2 nitrogen and oxygen atoms in total. The van der Waals surface area contributed by atoms with Crippen LogP contribution in [0.15, 0.2) is 0 Å². The molecule has 0 spiro atoms. The van der Waals surface area contributed by atoms with Crippen molar-refractivity contribution in [1.29, 1.82) is 0 Å². The molecule has 0 amide bonds. The summed E-state index contributed by atoms with van der Waals surface area (Å²) in [6.45, 7) is 4.61. The molecule has 1 fully saturated rings. The van der Waals surface area contributed by atoms with Crippen molar-refractivity contribution in [2.75, 3.05) is 11.5 Å². The highest BCUT2D eigenvalue weighted by atomic mass is 32.2. The largest absolute Gasteiger partial charge is 0.271 e. The Morgan fingerprint density at radius 2 is 2.27 bits per heavy atom. The Morgan fingerprint density at radius 3 is 2.87 bits per heavy atom. The van der Waals surface area contributed by atoms with Gasteiger partial charge < -0.3 is 0 Å². The first-order chi connectivity index (χ1) is 7.27. The molecule has 0 saturated heterocycles. The predicted octanol–water partition coefficient (Wildman–Crippen LogP) is 2.79. The van der Waals surface area contributed by atoms with Gasteiger partial charge in [-0.2, -0.15) is 11.8 Å². The van der Waals surface area contributed by atoms with Gasteiger partial charge in [-0.05, 0) is 36.9 Å². The highest BCUT2D eigenvalue weighted by Crippen LogP contribution is 2.31. The van der Waals surface area contributed by atoms with Crippen LogP contribution in [-0.4, -0.2) is 17.5 Å². The second-order valence-electron chi connectivity index (χ2n) is 4.88. The number of rotatable bonds is 6. The standard InChI is InChI=1S/C12H26N2S/c1-3-7-15-9-12(14-13)11-6-4-5-10(2)8-11/h10-12,14H,3-9,13H2,1-2H3. The van der Waals surface area contributed by atoms with E-state index in [1.54, 1.807) is 0 Å². The first-order valence-electron chi connectivity index (χ1n) is 6.31. The van der Waals surface area contributed by atoms with Gasteiger partial charge >= 0.3 is 0 Å². The quantitative estimate of drug-likeness (QED) is 0.419. The fourth-order valence-corrected chi connectivity index (χ4v) is 3.60. The number of nitrogens with one attached hydrogen (secondary N) is 1. The summed E-state index contributed by atoms with van der Waals surface area (Å²) in [5.74, 6) is 9.82. The molecule has 90 valence electrons. The minimum Gasteiger partial charge on any atom is -0.271 e. The molecular weight excluding hydrogens is 204 g/mol. The summed E-state index contributed by atoms with van der Waals surface area (Å²) in [5, 5.41) is 0. The number of nitrogens with two attached hydrogens (primary N) is 1. The second-order valence-corrected chi connectivity index (χ2v) is 6.03. The van der Waals surface area contributed by atoms with Crippen LogP contribution in [0.2, 0.25) is 0 Å². The number of hydrogen-bond donors (Lipinski definition) is 2. The number of hydrazine groups is 1. The molecule has 0 bridgehead atoms. The van der Waals surface area contributed by atoms with Gasteiger partial charge in [-0.15, -0.1) is 0 Å². The van der Waals surface area contributed by atoms with Crippen LogP contribution in [0.4, 0.5) is 0 Å². The van der Waals surface area contributed by atoms with Gasteiger partial charge in [0.05, 0.1) is 0 Å². The molecule has 1 aliphatic carbocycles. The van der Waals surface area contributed by atoms with E-state index >= 15 is 0 Å². The molecular formula is C12H26N2S. The lowest BCUT2D eigenvalue weighted by molar-refractivity contribution is 0.235. The van der Waals surface area contributed by atoms with Crippen molar-refractivity contribution < 1.29 is 0 Å². The van der Waals surface area contributed by atoms with Crippen LogP contribution in [0.1, 0.15) is 46.0 Å². The van der Waals surface area contributed by atoms with E-state index in [2.05, 4.69) is 19.3 Å². The molecule has 0 heterocycles. The Hall–Kier alpha value is 0.270. The van der Waals surface area contributed by atoms with Gasteiger partial charge in [0.25, 0.3) is 0 Å². The van der Waals surface area contributed by atoms with Gasteiger partial charge in [-0.1, -0.05) is 26.7 Å². The Balaban J connectivity index is 2.29. The molecule has 3 atom stereocenters. The molecule has 3 N–H and O–H groups in total. The summed E-state index contributed by atoms with van der Waals surface area (Å²) in [6.07, 6.45) is 6.80. The maximum atomic E-state index is 5.67. The molecule has 1 saturated carbocycles. The predicted molar refractivity (Wildman–Crippen MR) is 69.8 cm³/mol. The third kappa shape index (κ3) is 4.75. The highest BCUT2D eigenvalue weighted by molar-refractivity contribution is 7.99. The molecule has 0 aliphatic heterocycles. The zero-order valence-corrected chi connectivity index (χ0v) is 11.0. The van der Waals surface area contributed by atoms with Crippen LogP contribution in [0.3, 0.4) is 0 Å². The van der Waals surface area contributed by atoms with Crippen LogP contribution >= 0.6 is 11.8 Å². The minimum atomic E-state index is 0.532. The monoisotopic (exact) mass is 230 g/mol. The van der Waals surface area contributed by atoms with Gasteiger partial charge in [0.1, 0.15) is 0 Å². The molecule has 0 aromatic carbocycles. The van der Waals surface area contributed by atoms with Crippen molar-refractivity contribution in [3.05, 3.63) is 0 Å². The van der Waals surface area contributed by atoms with Crippen molar-refractivity contribution in [2.24, 2.45) is 17.7 Å². The van der Waals surface area contributed by atoms with Crippen LogP contribution in [-0.2, 0) is 0 Å². The van der Waals surface area contributed by atoms with Crippen LogP contribution in [0, 0.1) is 11.8 Å².